The Labute approximate surface area is 92.4 Å². The summed E-state index contributed by atoms with van der Waals surface area (Å²) in [6, 6.07) is 4.25. The highest BCUT2D eigenvalue weighted by atomic mass is 35.5. The van der Waals surface area contributed by atoms with Gasteiger partial charge in [0.05, 0.1) is 11.1 Å². The van der Waals surface area contributed by atoms with E-state index in [1.165, 1.54) is 6.42 Å². The maximum absolute atomic E-state index is 5.87. The molecule has 0 unspecified atom stereocenters. The van der Waals surface area contributed by atoms with Gasteiger partial charge in [-0.3, -0.25) is 0 Å². The Hall–Kier alpha value is -1.06. The van der Waals surface area contributed by atoms with Crippen molar-refractivity contribution in [3.8, 4) is 0 Å². The van der Waals surface area contributed by atoms with Crippen LogP contribution in [0.4, 0.5) is 0 Å². The Morgan fingerprint density at radius 1 is 1.47 bits per heavy atom. The second-order valence-electron chi connectivity index (χ2n) is 3.85. The number of halogens is 1. The van der Waals surface area contributed by atoms with Crippen LogP contribution in [0.3, 0.4) is 0 Å². The Kier molecular flexibility index (Phi) is 2.15. The molecule has 1 atom stereocenters. The Balaban J connectivity index is 2.05. The Morgan fingerprint density at radius 3 is 3.20 bits per heavy atom. The first kappa shape index (κ1) is 9.19. The molecule has 3 rings (SSSR count). The number of hydrogen-bond acceptors (Lipinski definition) is 3. The molecule has 1 aliphatic rings. The monoisotopic (exact) mass is 222 g/mol. The number of pyridine rings is 1. The van der Waals surface area contributed by atoms with Crippen molar-refractivity contribution in [1.82, 2.24) is 10.3 Å². The van der Waals surface area contributed by atoms with Gasteiger partial charge >= 0.3 is 0 Å². The largest absolute Gasteiger partial charge is 0.441 e. The van der Waals surface area contributed by atoms with Crippen molar-refractivity contribution in [3.63, 3.8) is 0 Å². The fourth-order valence-electron chi connectivity index (χ4n) is 2.02. The van der Waals surface area contributed by atoms with Crippen LogP contribution in [0.2, 0.25) is 5.02 Å². The third-order valence-electron chi connectivity index (χ3n) is 2.76. The average molecular weight is 223 g/mol. The molecule has 3 heterocycles. The van der Waals surface area contributed by atoms with Crippen LogP contribution in [-0.2, 0) is 0 Å². The molecular weight excluding hydrogens is 212 g/mol. The normalized spacial score (nSPS) is 21.3. The highest BCUT2D eigenvalue weighted by Crippen LogP contribution is 2.28. The van der Waals surface area contributed by atoms with E-state index in [1.807, 2.05) is 12.1 Å². The fraction of sp³-hybridized carbons (Fsp3) is 0.364. The van der Waals surface area contributed by atoms with Gasteiger partial charge in [-0.25, -0.2) is 4.98 Å². The summed E-state index contributed by atoms with van der Waals surface area (Å²) in [5, 5.41) is 5.02. The van der Waals surface area contributed by atoms with Gasteiger partial charge in [0.25, 0.3) is 0 Å². The molecule has 1 fully saturated rings. The Bertz CT molecular complexity index is 488. The summed E-state index contributed by atoms with van der Waals surface area (Å²) in [5.41, 5.74) is 0.670. The first-order chi connectivity index (χ1) is 7.33. The molecule has 0 saturated carbocycles. The van der Waals surface area contributed by atoms with Crippen LogP contribution in [-0.4, -0.2) is 11.5 Å². The number of aromatic nitrogens is 1. The standard InChI is InChI=1S/C11H11ClN2O/c12-8-4-7-5-10(9-2-1-3-13-9)15-11(7)14-6-8/h4-6,9,13H,1-3H2/t9-/m0/s1. The van der Waals surface area contributed by atoms with Crippen LogP contribution >= 0.6 is 11.6 Å². The van der Waals surface area contributed by atoms with Gasteiger partial charge in [-0.05, 0) is 31.5 Å². The SMILES string of the molecule is Clc1cnc2oc([C@@H]3CCCN3)cc2c1. The lowest BCUT2D eigenvalue weighted by molar-refractivity contribution is 0.465. The van der Waals surface area contributed by atoms with Gasteiger partial charge in [-0.1, -0.05) is 11.6 Å². The van der Waals surface area contributed by atoms with Gasteiger partial charge < -0.3 is 9.73 Å². The van der Waals surface area contributed by atoms with Crippen molar-refractivity contribution < 1.29 is 4.42 Å². The van der Waals surface area contributed by atoms with E-state index in [-0.39, 0.29) is 0 Å². The second kappa shape index (κ2) is 3.51. The van der Waals surface area contributed by atoms with Crippen molar-refractivity contribution in [2.75, 3.05) is 6.54 Å². The zero-order valence-corrected chi connectivity index (χ0v) is 8.92. The van der Waals surface area contributed by atoms with Gasteiger partial charge in [0.2, 0.25) is 5.71 Å². The molecule has 2 aromatic heterocycles. The van der Waals surface area contributed by atoms with Crippen LogP contribution in [0, 0.1) is 0 Å². The van der Waals surface area contributed by atoms with E-state index >= 15 is 0 Å². The summed E-state index contributed by atoms with van der Waals surface area (Å²) in [7, 11) is 0. The van der Waals surface area contributed by atoms with Crippen LogP contribution < -0.4 is 5.32 Å². The summed E-state index contributed by atoms with van der Waals surface area (Å²) in [6.45, 7) is 1.07. The van der Waals surface area contributed by atoms with E-state index in [1.54, 1.807) is 6.20 Å². The minimum Gasteiger partial charge on any atom is -0.441 e. The molecule has 2 aromatic rings. The van der Waals surface area contributed by atoms with Gasteiger partial charge in [-0.2, -0.15) is 0 Å². The zero-order valence-electron chi connectivity index (χ0n) is 8.16. The van der Waals surface area contributed by atoms with E-state index in [0.29, 0.717) is 16.8 Å². The minimum absolute atomic E-state index is 0.345. The van der Waals surface area contributed by atoms with E-state index < -0.39 is 0 Å². The smallest absolute Gasteiger partial charge is 0.226 e. The molecule has 0 radical (unpaired) electrons. The molecule has 15 heavy (non-hydrogen) atoms. The highest BCUT2D eigenvalue weighted by molar-refractivity contribution is 6.31. The van der Waals surface area contributed by atoms with Crippen molar-refractivity contribution in [3.05, 3.63) is 29.1 Å². The fourth-order valence-corrected chi connectivity index (χ4v) is 2.19. The first-order valence-electron chi connectivity index (χ1n) is 5.11. The molecule has 0 amide bonds. The Morgan fingerprint density at radius 2 is 2.40 bits per heavy atom. The molecule has 78 valence electrons. The van der Waals surface area contributed by atoms with Gasteiger partial charge in [0.15, 0.2) is 0 Å². The second-order valence-corrected chi connectivity index (χ2v) is 4.28. The number of rotatable bonds is 1. The summed E-state index contributed by atoms with van der Waals surface area (Å²) >= 11 is 5.87. The lowest BCUT2D eigenvalue weighted by Crippen LogP contribution is -2.11. The predicted molar refractivity (Wildman–Crippen MR) is 59.0 cm³/mol. The molecule has 1 aliphatic heterocycles. The number of furan rings is 1. The molecule has 0 spiro atoms. The predicted octanol–water partition coefficient (Wildman–Crippen LogP) is 2.91. The molecule has 3 nitrogen and oxygen atoms in total. The highest BCUT2D eigenvalue weighted by Gasteiger charge is 2.20. The van der Waals surface area contributed by atoms with Crippen molar-refractivity contribution in [1.29, 1.82) is 0 Å². The lowest BCUT2D eigenvalue weighted by Gasteiger charge is -2.03. The van der Waals surface area contributed by atoms with Crippen LogP contribution in [0.5, 0.6) is 0 Å². The number of nitrogens with one attached hydrogen (secondary N) is 1. The van der Waals surface area contributed by atoms with Gasteiger partial charge in [-0.15, -0.1) is 0 Å². The third-order valence-corrected chi connectivity index (χ3v) is 2.97. The van der Waals surface area contributed by atoms with Gasteiger partial charge in [0, 0.05) is 11.6 Å². The summed E-state index contributed by atoms with van der Waals surface area (Å²) < 4.78 is 5.67. The van der Waals surface area contributed by atoms with E-state index in [0.717, 1.165) is 24.1 Å². The molecule has 0 bridgehead atoms. The summed E-state index contributed by atoms with van der Waals surface area (Å²) in [4.78, 5) is 4.15. The quantitative estimate of drug-likeness (QED) is 0.806. The molecule has 4 heteroatoms. The van der Waals surface area contributed by atoms with Gasteiger partial charge in [0.1, 0.15) is 5.76 Å². The summed E-state index contributed by atoms with van der Waals surface area (Å²) in [5.74, 6) is 0.970. The van der Waals surface area contributed by atoms with E-state index in [2.05, 4.69) is 10.3 Å². The lowest BCUT2D eigenvalue weighted by atomic mass is 10.2. The number of hydrogen-bond donors (Lipinski definition) is 1. The van der Waals surface area contributed by atoms with Crippen molar-refractivity contribution in [2.45, 2.75) is 18.9 Å². The van der Waals surface area contributed by atoms with Crippen LogP contribution in [0.1, 0.15) is 24.6 Å². The first-order valence-corrected chi connectivity index (χ1v) is 5.49. The van der Waals surface area contributed by atoms with Crippen molar-refractivity contribution in [2.24, 2.45) is 0 Å². The third kappa shape index (κ3) is 1.62. The number of nitrogens with zero attached hydrogens (tertiary/aromatic N) is 1. The van der Waals surface area contributed by atoms with Crippen LogP contribution in [0.15, 0.2) is 22.7 Å². The molecule has 0 aliphatic carbocycles. The molecule has 0 aromatic carbocycles. The topological polar surface area (TPSA) is 38.1 Å². The minimum atomic E-state index is 0.345. The average Bonchev–Trinajstić information content (AvgIpc) is 2.84. The molecule has 1 N–H and O–H groups in total. The van der Waals surface area contributed by atoms with Crippen molar-refractivity contribution >= 4 is 22.7 Å². The molecular formula is C11H11ClN2O. The summed E-state index contributed by atoms with van der Waals surface area (Å²) in [6.07, 6.45) is 3.95. The van der Waals surface area contributed by atoms with Crippen LogP contribution in [0.25, 0.3) is 11.1 Å². The number of fused-ring (bicyclic) bond motifs is 1. The maximum Gasteiger partial charge on any atom is 0.226 e. The molecule has 1 saturated heterocycles. The van der Waals surface area contributed by atoms with E-state index in [4.69, 9.17) is 16.0 Å². The zero-order chi connectivity index (χ0) is 10.3. The van der Waals surface area contributed by atoms with E-state index in [9.17, 15) is 0 Å². The maximum atomic E-state index is 5.87.